The molecule has 0 aliphatic heterocycles. The minimum atomic E-state index is -1.06. The van der Waals surface area contributed by atoms with Gasteiger partial charge in [-0.05, 0) is 44.0 Å². The van der Waals surface area contributed by atoms with Crippen molar-refractivity contribution >= 4 is 23.9 Å². The highest BCUT2D eigenvalue weighted by Crippen LogP contribution is 2.36. The summed E-state index contributed by atoms with van der Waals surface area (Å²) < 4.78 is 0. The standard InChI is InChI=1S/C28H38N6O3/c1-5-7-17-34(18-15-29)25(36)19-33-16-14-28(27(30)31,21(3)8-9-22(6-2)20-35)24-12-10-23(11-13-24)26(37)32-4/h6,8-13,20,33H,2,5,7,14,16-19H2,1,3-4H3,(H3,30,31)(H,32,37)/b21-8+,22-9+. The van der Waals surface area contributed by atoms with Crippen LogP contribution in [0.5, 0.6) is 0 Å². The number of carbonyl (C=O) groups excluding carboxylic acids is 3. The van der Waals surface area contributed by atoms with Crippen LogP contribution in [0.15, 0.2) is 60.2 Å². The Morgan fingerprint density at radius 3 is 2.46 bits per heavy atom. The lowest BCUT2D eigenvalue weighted by Gasteiger charge is -2.35. The monoisotopic (exact) mass is 506 g/mol. The van der Waals surface area contributed by atoms with Crippen LogP contribution in [0.1, 0.15) is 49.0 Å². The molecule has 198 valence electrons. The number of hydrogen-bond acceptors (Lipinski definition) is 6. The number of allylic oxidation sites excluding steroid dienone is 4. The van der Waals surface area contributed by atoms with Gasteiger partial charge in [-0.1, -0.05) is 55.9 Å². The van der Waals surface area contributed by atoms with Gasteiger partial charge in [0.05, 0.1) is 18.0 Å². The maximum atomic E-state index is 12.6. The summed E-state index contributed by atoms with van der Waals surface area (Å²) in [4.78, 5) is 37.4. The van der Waals surface area contributed by atoms with E-state index >= 15 is 0 Å². The molecular weight excluding hydrogens is 468 g/mol. The van der Waals surface area contributed by atoms with E-state index in [2.05, 4.69) is 17.2 Å². The largest absolute Gasteiger partial charge is 0.387 e. The quantitative estimate of drug-likeness (QED) is 0.0514. The molecule has 0 spiro atoms. The molecule has 1 aromatic rings. The molecule has 0 heterocycles. The number of aldehydes is 1. The van der Waals surface area contributed by atoms with Crippen molar-refractivity contribution in [3.05, 3.63) is 71.3 Å². The molecule has 1 aromatic carbocycles. The average molecular weight is 507 g/mol. The lowest BCUT2D eigenvalue weighted by Crippen LogP contribution is -2.45. The van der Waals surface area contributed by atoms with Crippen molar-refractivity contribution in [1.29, 1.82) is 10.7 Å². The van der Waals surface area contributed by atoms with Gasteiger partial charge in [0.2, 0.25) is 5.91 Å². The van der Waals surface area contributed by atoms with Gasteiger partial charge in [0.15, 0.2) is 0 Å². The Hall–Kier alpha value is -4.03. The number of nitrogens with zero attached hydrogens (tertiary/aromatic N) is 2. The zero-order valence-electron chi connectivity index (χ0n) is 22.0. The van der Waals surface area contributed by atoms with Gasteiger partial charge >= 0.3 is 0 Å². The fourth-order valence-electron chi connectivity index (χ4n) is 3.95. The highest BCUT2D eigenvalue weighted by Gasteiger charge is 2.37. The Balaban J connectivity index is 3.30. The van der Waals surface area contributed by atoms with Crippen LogP contribution in [0.4, 0.5) is 0 Å². The van der Waals surface area contributed by atoms with Crippen LogP contribution in [0.2, 0.25) is 0 Å². The Bertz CT molecular complexity index is 1060. The summed E-state index contributed by atoms with van der Waals surface area (Å²) in [6, 6.07) is 8.88. The topological polar surface area (TPSA) is 152 Å². The van der Waals surface area contributed by atoms with Gasteiger partial charge in [0.25, 0.3) is 5.91 Å². The van der Waals surface area contributed by atoms with E-state index in [1.165, 1.54) is 11.0 Å². The number of carbonyl (C=O) groups is 3. The van der Waals surface area contributed by atoms with Crippen molar-refractivity contribution in [3.8, 4) is 6.07 Å². The molecule has 0 saturated heterocycles. The summed E-state index contributed by atoms with van der Waals surface area (Å²) in [6.07, 6.45) is 7.52. The molecule has 0 radical (unpaired) electrons. The predicted octanol–water partition coefficient (Wildman–Crippen LogP) is 2.61. The van der Waals surface area contributed by atoms with Crippen molar-refractivity contribution in [1.82, 2.24) is 15.5 Å². The molecule has 9 nitrogen and oxygen atoms in total. The van der Waals surface area contributed by atoms with Crippen molar-refractivity contribution < 1.29 is 14.4 Å². The molecule has 0 bridgehead atoms. The molecule has 0 aliphatic rings. The number of nitriles is 1. The number of benzene rings is 1. The van der Waals surface area contributed by atoms with Crippen LogP contribution in [0.3, 0.4) is 0 Å². The lowest BCUT2D eigenvalue weighted by molar-refractivity contribution is -0.129. The zero-order chi connectivity index (χ0) is 27.8. The fourth-order valence-corrected chi connectivity index (χ4v) is 3.95. The van der Waals surface area contributed by atoms with E-state index < -0.39 is 5.41 Å². The Kier molecular flexibility index (Phi) is 13.3. The fraction of sp³-hybridized carbons (Fsp3) is 0.393. The molecule has 0 aliphatic carbocycles. The summed E-state index contributed by atoms with van der Waals surface area (Å²) in [5.74, 6) is -0.520. The van der Waals surface area contributed by atoms with Gasteiger partial charge in [-0.15, -0.1) is 0 Å². The van der Waals surface area contributed by atoms with Crippen LogP contribution in [0.25, 0.3) is 0 Å². The lowest BCUT2D eigenvalue weighted by atomic mass is 9.70. The third-order valence-corrected chi connectivity index (χ3v) is 6.25. The molecule has 0 aromatic heterocycles. The van der Waals surface area contributed by atoms with Crippen LogP contribution in [-0.4, -0.2) is 62.1 Å². The second-order valence-corrected chi connectivity index (χ2v) is 8.57. The first-order chi connectivity index (χ1) is 17.7. The number of nitrogens with two attached hydrogens (primary N) is 1. The molecule has 1 rings (SSSR count). The van der Waals surface area contributed by atoms with E-state index in [9.17, 15) is 14.4 Å². The van der Waals surface area contributed by atoms with E-state index in [0.29, 0.717) is 48.1 Å². The van der Waals surface area contributed by atoms with Gasteiger partial charge < -0.3 is 21.3 Å². The number of amides is 2. The molecule has 2 amide bonds. The zero-order valence-corrected chi connectivity index (χ0v) is 22.0. The molecule has 9 heteroatoms. The molecule has 1 atom stereocenters. The average Bonchev–Trinajstić information content (AvgIpc) is 2.90. The number of amidine groups is 1. The van der Waals surface area contributed by atoms with Crippen LogP contribution >= 0.6 is 0 Å². The molecule has 5 N–H and O–H groups in total. The van der Waals surface area contributed by atoms with E-state index in [0.717, 1.165) is 12.8 Å². The van der Waals surface area contributed by atoms with Crippen molar-refractivity contribution in [2.24, 2.45) is 5.73 Å². The smallest absolute Gasteiger partial charge is 0.251 e. The van der Waals surface area contributed by atoms with Crippen molar-refractivity contribution in [3.63, 3.8) is 0 Å². The van der Waals surface area contributed by atoms with Gasteiger partial charge in [-0.2, -0.15) is 5.26 Å². The molecule has 0 fully saturated rings. The van der Waals surface area contributed by atoms with Crippen LogP contribution < -0.4 is 16.4 Å². The molecule has 37 heavy (non-hydrogen) atoms. The van der Waals surface area contributed by atoms with Crippen molar-refractivity contribution in [2.45, 2.75) is 38.5 Å². The van der Waals surface area contributed by atoms with Gasteiger partial charge in [0.1, 0.15) is 18.7 Å². The molecule has 1 unspecified atom stereocenters. The number of rotatable bonds is 16. The third-order valence-electron chi connectivity index (χ3n) is 6.25. The Morgan fingerprint density at radius 1 is 1.27 bits per heavy atom. The summed E-state index contributed by atoms with van der Waals surface area (Å²) in [5, 5.41) is 23.3. The van der Waals surface area contributed by atoms with Crippen LogP contribution in [0, 0.1) is 16.7 Å². The second kappa shape index (κ2) is 15.9. The Morgan fingerprint density at radius 2 is 1.95 bits per heavy atom. The normalized spacial score (nSPS) is 13.1. The summed E-state index contributed by atoms with van der Waals surface area (Å²) in [5.41, 5.74) is 7.38. The van der Waals surface area contributed by atoms with E-state index in [1.807, 2.05) is 19.9 Å². The highest BCUT2D eigenvalue weighted by atomic mass is 16.2. The summed E-state index contributed by atoms with van der Waals surface area (Å²) in [7, 11) is 1.55. The van der Waals surface area contributed by atoms with Crippen molar-refractivity contribution in [2.75, 3.05) is 33.2 Å². The first-order valence-electron chi connectivity index (χ1n) is 12.2. The van der Waals surface area contributed by atoms with Gasteiger partial charge in [-0.3, -0.25) is 19.8 Å². The number of nitrogens with one attached hydrogen (secondary N) is 3. The van der Waals surface area contributed by atoms with E-state index in [1.54, 1.807) is 43.5 Å². The predicted molar refractivity (Wildman–Crippen MR) is 146 cm³/mol. The summed E-state index contributed by atoms with van der Waals surface area (Å²) in [6.45, 7) is 8.41. The first kappa shape index (κ1) is 31.0. The van der Waals surface area contributed by atoms with Gasteiger partial charge in [-0.25, -0.2) is 0 Å². The first-order valence-corrected chi connectivity index (χ1v) is 12.2. The SMILES string of the molecule is C=C/C(C=O)=C\C=C(/C)C(CCNCC(=O)N(CC#N)CCCC)(C(=N)N)c1ccc(C(=O)NC)cc1. The Labute approximate surface area is 219 Å². The maximum Gasteiger partial charge on any atom is 0.251 e. The van der Waals surface area contributed by atoms with E-state index in [4.69, 9.17) is 16.4 Å². The second-order valence-electron chi connectivity index (χ2n) is 8.57. The molecule has 0 saturated carbocycles. The third kappa shape index (κ3) is 8.54. The maximum absolute atomic E-state index is 12.6. The summed E-state index contributed by atoms with van der Waals surface area (Å²) >= 11 is 0. The minimum absolute atomic E-state index is 0.0339. The molecular formula is C28H38N6O3. The number of hydrogen-bond donors (Lipinski definition) is 4. The highest BCUT2D eigenvalue weighted by molar-refractivity contribution is 5.95. The minimum Gasteiger partial charge on any atom is -0.387 e. The van der Waals surface area contributed by atoms with E-state index in [-0.39, 0.29) is 30.7 Å². The number of unbranched alkanes of at least 4 members (excludes halogenated alkanes) is 1. The van der Waals surface area contributed by atoms with Crippen LogP contribution in [-0.2, 0) is 15.0 Å². The van der Waals surface area contributed by atoms with Gasteiger partial charge in [0, 0.05) is 24.7 Å².